The van der Waals surface area contributed by atoms with Gasteiger partial charge in [0.05, 0.1) is 28.1 Å². The lowest BCUT2D eigenvalue weighted by atomic mass is 9.63. The lowest BCUT2D eigenvalue weighted by Crippen LogP contribution is -2.74. The fraction of sp³-hybridized carbons (Fsp3) is 0.167. The normalized spacial score (nSPS) is 14.6. The van der Waals surface area contributed by atoms with Gasteiger partial charge in [-0.05, 0) is 132 Å². The molecular formula is C78H70N4OSi. The van der Waals surface area contributed by atoms with Crippen LogP contribution in [0.2, 0.25) is 0 Å². The number of para-hydroxylation sites is 4. The highest BCUT2D eigenvalue weighted by Crippen LogP contribution is 2.52. The molecule has 2 aliphatic rings. The van der Waals surface area contributed by atoms with E-state index in [2.05, 4.69) is 318 Å². The first kappa shape index (κ1) is 52.8. The van der Waals surface area contributed by atoms with Crippen LogP contribution in [0.5, 0.6) is 11.5 Å². The maximum Gasteiger partial charge on any atom is 0.179 e. The van der Waals surface area contributed by atoms with Crippen molar-refractivity contribution in [1.29, 1.82) is 0 Å². The van der Waals surface area contributed by atoms with E-state index in [0.717, 1.165) is 57.2 Å². The molecule has 0 spiro atoms. The summed E-state index contributed by atoms with van der Waals surface area (Å²) in [7, 11) is -2.87. The van der Waals surface area contributed by atoms with Crippen molar-refractivity contribution in [3.63, 3.8) is 0 Å². The molecule has 2 aromatic heterocycles. The number of benzene rings is 10. The van der Waals surface area contributed by atoms with Crippen LogP contribution < -0.4 is 35.3 Å². The number of nitrogens with zero attached hydrogens (tertiary/aromatic N) is 4. The summed E-state index contributed by atoms with van der Waals surface area (Å²) < 4.78 is 9.22. The maximum absolute atomic E-state index is 6.95. The Morgan fingerprint density at radius 2 is 1.00 bits per heavy atom. The van der Waals surface area contributed by atoms with Gasteiger partial charge in [-0.3, -0.25) is 4.57 Å². The molecule has 3 heterocycles. The predicted molar refractivity (Wildman–Crippen MR) is 356 cm³/mol. The van der Waals surface area contributed by atoms with E-state index in [0.29, 0.717) is 6.67 Å². The second kappa shape index (κ2) is 20.6. The van der Waals surface area contributed by atoms with Gasteiger partial charge in [-0.2, -0.15) is 0 Å². The minimum Gasteiger partial charge on any atom is -0.457 e. The average molecular weight is 1110 g/mol. The molecule has 0 unspecified atom stereocenters. The Bertz CT molecular complexity index is 4350. The predicted octanol–water partition coefficient (Wildman–Crippen LogP) is 17.6. The molecule has 14 rings (SSSR count). The number of ether oxygens (including phenoxy) is 1. The molecule has 5 nitrogen and oxygen atoms in total. The van der Waals surface area contributed by atoms with E-state index in [1.54, 1.807) is 0 Å². The highest BCUT2D eigenvalue weighted by molar-refractivity contribution is 7.19. The Morgan fingerprint density at radius 3 is 1.68 bits per heavy atom. The second-order valence-corrected chi connectivity index (χ2v) is 29.2. The van der Waals surface area contributed by atoms with Crippen molar-refractivity contribution in [2.24, 2.45) is 0 Å². The van der Waals surface area contributed by atoms with Gasteiger partial charge >= 0.3 is 0 Å². The molecule has 0 radical (unpaired) electrons. The van der Waals surface area contributed by atoms with E-state index in [4.69, 9.17) is 9.72 Å². The topological polar surface area (TPSA) is 33.5 Å². The molecule has 0 amide bonds. The molecular weight excluding hydrogens is 1040 g/mol. The van der Waals surface area contributed by atoms with Crippen molar-refractivity contribution < 1.29 is 4.74 Å². The molecule has 12 aromatic rings. The van der Waals surface area contributed by atoms with Crippen molar-refractivity contribution >= 4 is 73.4 Å². The van der Waals surface area contributed by atoms with Gasteiger partial charge in [0.15, 0.2) is 8.07 Å². The Hall–Kier alpha value is -9.23. The summed E-state index contributed by atoms with van der Waals surface area (Å²) >= 11 is 0. The van der Waals surface area contributed by atoms with Crippen LogP contribution in [-0.2, 0) is 16.2 Å². The second-order valence-electron chi connectivity index (χ2n) is 25.4. The van der Waals surface area contributed by atoms with Crippen molar-refractivity contribution in [2.75, 3.05) is 16.5 Å². The van der Waals surface area contributed by atoms with Gasteiger partial charge in [0.2, 0.25) is 0 Å². The Morgan fingerprint density at radius 1 is 0.440 bits per heavy atom. The number of hydrogen-bond acceptors (Lipinski definition) is 4. The third kappa shape index (κ3) is 9.03. The minimum absolute atomic E-state index is 0.0276. The van der Waals surface area contributed by atoms with Crippen LogP contribution >= 0.6 is 0 Å². The van der Waals surface area contributed by atoms with Gasteiger partial charge in [-0.15, -0.1) is 0 Å². The van der Waals surface area contributed by atoms with E-state index in [9.17, 15) is 0 Å². The molecule has 1 aliphatic heterocycles. The largest absolute Gasteiger partial charge is 0.457 e. The summed E-state index contributed by atoms with van der Waals surface area (Å²) in [5.41, 5.74) is 15.7. The van der Waals surface area contributed by atoms with Crippen LogP contribution in [-0.4, -0.2) is 24.3 Å². The summed E-state index contributed by atoms with van der Waals surface area (Å²) in [6.07, 6.45) is 4.25. The van der Waals surface area contributed by atoms with Gasteiger partial charge in [0.1, 0.15) is 24.0 Å². The number of pyridine rings is 1. The molecule has 84 heavy (non-hydrogen) atoms. The third-order valence-corrected chi connectivity index (χ3v) is 23.1. The molecule has 6 heteroatoms. The van der Waals surface area contributed by atoms with Gasteiger partial charge < -0.3 is 14.5 Å². The number of fused-ring (bicyclic) bond motifs is 5. The number of anilines is 4. The fourth-order valence-electron chi connectivity index (χ4n) is 13.8. The molecule has 0 fully saturated rings. The molecule has 0 N–H and O–H groups in total. The third-order valence-electron chi connectivity index (χ3n) is 18.3. The quantitative estimate of drug-likeness (QED) is 0.0955. The maximum atomic E-state index is 6.95. The van der Waals surface area contributed by atoms with Crippen LogP contribution in [0.15, 0.2) is 261 Å². The lowest BCUT2D eigenvalue weighted by Gasteiger charge is -2.42. The Kier molecular flexibility index (Phi) is 12.9. The highest BCUT2D eigenvalue weighted by atomic mass is 28.3. The van der Waals surface area contributed by atoms with Crippen molar-refractivity contribution in [1.82, 2.24) is 9.55 Å². The van der Waals surface area contributed by atoms with Crippen LogP contribution in [0.1, 0.15) is 78.0 Å². The van der Waals surface area contributed by atoms with Crippen LogP contribution in [0.3, 0.4) is 0 Å². The van der Waals surface area contributed by atoms with E-state index < -0.39 is 8.07 Å². The zero-order valence-corrected chi connectivity index (χ0v) is 50.1. The highest BCUT2D eigenvalue weighted by Gasteiger charge is 2.42. The van der Waals surface area contributed by atoms with Gasteiger partial charge in [-0.25, -0.2) is 4.98 Å². The smallest absolute Gasteiger partial charge is 0.179 e. The molecule has 412 valence electrons. The zero-order valence-electron chi connectivity index (χ0n) is 49.1. The first-order valence-electron chi connectivity index (χ1n) is 29.7. The van der Waals surface area contributed by atoms with E-state index in [1.165, 1.54) is 77.2 Å². The van der Waals surface area contributed by atoms with Crippen molar-refractivity contribution in [2.45, 2.75) is 77.6 Å². The summed E-state index contributed by atoms with van der Waals surface area (Å²) in [5.74, 6) is 2.41. The molecule has 10 aromatic carbocycles. The monoisotopic (exact) mass is 1110 g/mol. The van der Waals surface area contributed by atoms with E-state index in [-0.39, 0.29) is 16.2 Å². The van der Waals surface area contributed by atoms with E-state index in [1.807, 2.05) is 6.20 Å². The average Bonchev–Trinajstić information content (AvgIpc) is 4.08. The summed E-state index contributed by atoms with van der Waals surface area (Å²) in [4.78, 5) is 9.97. The van der Waals surface area contributed by atoms with Crippen LogP contribution in [0.4, 0.5) is 22.7 Å². The molecule has 0 saturated heterocycles. The van der Waals surface area contributed by atoms with Gasteiger partial charge in [-0.1, -0.05) is 237 Å². The van der Waals surface area contributed by atoms with E-state index >= 15 is 0 Å². The SMILES string of the molecule is CC(C)(C)c1ccnc(-n2c3ccccc3c3ccc(Oc4cccc(N5CN(c6c(-c7cccc([Si](c8ccccc8)(c8ccccc8)c8ccccc8)c7)cccc6-c6ccc7c(c6)C(C)(C)CCC7(C)C)c6ccccc65)c4)cc32)c1. The van der Waals surface area contributed by atoms with Gasteiger partial charge in [0.25, 0.3) is 0 Å². The fourth-order valence-corrected chi connectivity index (χ4v) is 18.6. The first-order chi connectivity index (χ1) is 40.8. The summed E-state index contributed by atoms with van der Waals surface area (Å²) in [5, 5.41) is 7.73. The summed E-state index contributed by atoms with van der Waals surface area (Å²) in [6, 6.07) is 94.6. The molecule has 0 atom stereocenters. The van der Waals surface area contributed by atoms with Crippen molar-refractivity contribution in [3.05, 3.63) is 278 Å². The zero-order chi connectivity index (χ0) is 57.4. The van der Waals surface area contributed by atoms with Crippen LogP contribution in [0, 0.1) is 0 Å². The number of aromatic nitrogens is 2. The van der Waals surface area contributed by atoms with Crippen LogP contribution in [0.25, 0.3) is 49.9 Å². The molecule has 0 bridgehead atoms. The number of rotatable bonds is 11. The van der Waals surface area contributed by atoms with Gasteiger partial charge in [0, 0.05) is 45.9 Å². The summed E-state index contributed by atoms with van der Waals surface area (Å²) in [6.45, 7) is 17.0. The molecule has 1 aliphatic carbocycles. The van der Waals surface area contributed by atoms with Crippen molar-refractivity contribution in [3.8, 4) is 39.6 Å². The first-order valence-corrected chi connectivity index (χ1v) is 31.7. The Labute approximate surface area is 496 Å². The molecule has 0 saturated carbocycles. The number of hydrogen-bond donors (Lipinski definition) is 0. The Balaban J connectivity index is 0.904. The lowest BCUT2D eigenvalue weighted by molar-refractivity contribution is 0.332. The standard InChI is InChI=1S/C78H70N4OSi/c1-76(2,3)56-44-47-79-74(50-56)82-70-37-18-17-34-66(70)67-42-41-59(52-73(67)82)83-58-26-22-25-57(51-58)80-53-81(72-39-20-19-38-71(72)80)75-64(35-23-36-65(75)55-40-43-68-69(49-55)78(6,7)46-45-77(68,4)5)54-24-21-33-63(48-54)84(60-27-11-8-12-28-60,61-29-13-9-14-30-61)62-31-15-10-16-32-62/h8-44,47-52H,45-46,53H2,1-7H3. The minimum atomic E-state index is -2.87.